The lowest BCUT2D eigenvalue weighted by atomic mass is 10.3. The summed E-state index contributed by atoms with van der Waals surface area (Å²) in [6.45, 7) is -0.871. The Morgan fingerprint density at radius 3 is 2.62 bits per heavy atom. The molecule has 0 aliphatic rings. The number of carboxylic acid groups (broad SMARTS) is 1. The number of aliphatic hydroxyl groups excluding tert-OH is 1. The highest BCUT2D eigenvalue weighted by Gasteiger charge is 2.27. The lowest BCUT2D eigenvalue weighted by molar-refractivity contribution is -0.139. The van der Waals surface area contributed by atoms with Gasteiger partial charge in [-0.05, 0) is 17.7 Å². The number of rotatable bonds is 5. The van der Waals surface area contributed by atoms with Gasteiger partial charge < -0.3 is 14.6 Å². The molecule has 1 aromatic rings. The van der Waals surface area contributed by atoms with E-state index in [0.717, 1.165) is 12.3 Å². The smallest absolute Gasteiger partial charge is 0.324 e. The lowest BCUT2D eigenvalue weighted by Gasteiger charge is -2.10. The van der Waals surface area contributed by atoms with Crippen LogP contribution in [-0.4, -0.2) is 37.2 Å². The molecule has 3 N–H and O–H groups in total. The molecule has 0 amide bonds. The van der Waals surface area contributed by atoms with E-state index in [0.29, 0.717) is 0 Å². The van der Waals surface area contributed by atoms with Gasteiger partial charge in [-0.2, -0.15) is 4.72 Å². The monoisotopic (exact) mass is 269 g/mol. The van der Waals surface area contributed by atoms with Crippen molar-refractivity contribution in [2.45, 2.75) is 10.9 Å². The maximum absolute atomic E-state index is 11.6. The number of aliphatic hydroxyl groups is 1. The number of hydrogen-bond acceptors (Lipinski definition) is 5. The van der Waals surface area contributed by atoms with Gasteiger partial charge in [-0.15, -0.1) is 0 Å². The zero-order valence-electron chi connectivity index (χ0n) is 7.75. The molecule has 0 saturated heterocycles. The zero-order chi connectivity index (χ0) is 12.3. The van der Waals surface area contributed by atoms with E-state index in [2.05, 4.69) is 4.42 Å². The maximum Gasteiger partial charge on any atom is 0.324 e. The van der Waals surface area contributed by atoms with E-state index in [9.17, 15) is 13.2 Å². The van der Waals surface area contributed by atoms with Crippen LogP contribution in [0.1, 0.15) is 0 Å². The van der Waals surface area contributed by atoms with Crippen LogP contribution in [0, 0.1) is 0 Å². The first kappa shape index (κ1) is 13.0. The van der Waals surface area contributed by atoms with Crippen molar-refractivity contribution in [2.75, 3.05) is 6.61 Å². The molecule has 1 heterocycles. The Balaban J connectivity index is 2.97. The third-order valence-corrected chi connectivity index (χ3v) is 3.55. The van der Waals surface area contributed by atoms with E-state index in [4.69, 9.17) is 21.8 Å². The average molecular weight is 270 g/mol. The van der Waals surface area contributed by atoms with Crippen molar-refractivity contribution in [3.05, 3.63) is 17.5 Å². The molecule has 9 heteroatoms. The zero-order valence-corrected chi connectivity index (χ0v) is 9.33. The molecule has 0 bridgehead atoms. The number of carboxylic acids is 1. The summed E-state index contributed by atoms with van der Waals surface area (Å²) in [4.78, 5) is 10.1. The molecule has 0 aliphatic heterocycles. The third-order valence-electron chi connectivity index (χ3n) is 1.65. The molecule has 0 aliphatic carbocycles. The van der Waals surface area contributed by atoms with Crippen molar-refractivity contribution >= 4 is 27.6 Å². The first-order valence-electron chi connectivity index (χ1n) is 3.97. The minimum atomic E-state index is -4.12. The van der Waals surface area contributed by atoms with Gasteiger partial charge in [-0.1, -0.05) is 0 Å². The van der Waals surface area contributed by atoms with E-state index in [-0.39, 0.29) is 10.1 Å². The largest absolute Gasteiger partial charge is 0.480 e. The molecule has 0 saturated carbocycles. The maximum atomic E-state index is 11.6. The highest BCUT2D eigenvalue weighted by molar-refractivity contribution is 7.89. The lowest BCUT2D eigenvalue weighted by Crippen LogP contribution is -2.43. The van der Waals surface area contributed by atoms with E-state index in [1.54, 1.807) is 4.72 Å². The van der Waals surface area contributed by atoms with E-state index in [1.165, 1.54) is 0 Å². The molecule has 1 atom stereocenters. The quantitative estimate of drug-likeness (QED) is 0.673. The van der Waals surface area contributed by atoms with Gasteiger partial charge in [0.05, 0.1) is 12.9 Å². The molecule has 7 nitrogen and oxygen atoms in total. The summed E-state index contributed by atoms with van der Waals surface area (Å²) in [5, 5.41) is 16.8. The van der Waals surface area contributed by atoms with Crippen LogP contribution in [0.5, 0.6) is 0 Å². The molecule has 0 aromatic carbocycles. The number of halogens is 1. The predicted molar refractivity (Wildman–Crippen MR) is 52.5 cm³/mol. The van der Waals surface area contributed by atoms with Crippen molar-refractivity contribution in [1.29, 1.82) is 0 Å². The number of carbonyl (C=O) groups is 1. The van der Waals surface area contributed by atoms with Gasteiger partial charge in [-0.25, -0.2) is 8.42 Å². The average Bonchev–Trinajstić information content (AvgIpc) is 2.61. The van der Waals surface area contributed by atoms with Gasteiger partial charge in [0.25, 0.3) is 0 Å². The van der Waals surface area contributed by atoms with Gasteiger partial charge >= 0.3 is 5.97 Å². The van der Waals surface area contributed by atoms with Crippen LogP contribution >= 0.6 is 11.6 Å². The Hall–Kier alpha value is -1.09. The first-order chi connectivity index (χ1) is 7.38. The molecule has 90 valence electrons. The molecule has 16 heavy (non-hydrogen) atoms. The number of nitrogens with one attached hydrogen (secondary N) is 1. The summed E-state index contributed by atoms with van der Waals surface area (Å²) in [5.41, 5.74) is 0. The van der Waals surface area contributed by atoms with E-state index in [1.807, 2.05) is 0 Å². The highest BCUT2D eigenvalue weighted by Crippen LogP contribution is 2.21. The molecule has 1 rings (SSSR count). The van der Waals surface area contributed by atoms with Gasteiger partial charge in [0.15, 0.2) is 0 Å². The van der Waals surface area contributed by atoms with Crippen molar-refractivity contribution in [3.63, 3.8) is 0 Å². The molecule has 0 unspecified atom stereocenters. The van der Waals surface area contributed by atoms with Crippen molar-refractivity contribution in [3.8, 4) is 0 Å². The molecule has 0 radical (unpaired) electrons. The summed E-state index contributed by atoms with van der Waals surface area (Å²) >= 11 is 5.43. The molecule has 1 aromatic heterocycles. The number of furan rings is 1. The normalized spacial score (nSPS) is 13.6. The fourth-order valence-corrected chi connectivity index (χ4v) is 2.48. The molecule has 0 spiro atoms. The van der Waals surface area contributed by atoms with Crippen LogP contribution < -0.4 is 4.72 Å². The number of hydrogen-bond donors (Lipinski definition) is 3. The van der Waals surface area contributed by atoms with Gasteiger partial charge in [0, 0.05) is 0 Å². The Labute approximate surface area is 95.7 Å². The highest BCUT2D eigenvalue weighted by atomic mass is 35.5. The van der Waals surface area contributed by atoms with E-state index >= 15 is 0 Å². The number of sulfonamides is 1. The molecule has 0 fully saturated rings. The summed E-state index contributed by atoms with van der Waals surface area (Å²) < 4.78 is 29.4. The second kappa shape index (κ2) is 4.83. The number of aliphatic carboxylic acids is 1. The third kappa shape index (κ3) is 2.73. The summed E-state index contributed by atoms with van der Waals surface area (Å²) in [5.74, 6) is -1.49. The van der Waals surface area contributed by atoms with Gasteiger partial charge in [-0.3, -0.25) is 4.79 Å². The minimum absolute atomic E-state index is 0.380. The van der Waals surface area contributed by atoms with Crippen molar-refractivity contribution < 1.29 is 27.8 Å². The minimum Gasteiger partial charge on any atom is -0.480 e. The Morgan fingerprint density at radius 2 is 2.25 bits per heavy atom. The summed E-state index contributed by atoms with van der Waals surface area (Å²) in [6, 6.07) is -0.558. The topological polar surface area (TPSA) is 117 Å². The van der Waals surface area contributed by atoms with Crippen LogP contribution in [0.15, 0.2) is 21.6 Å². The Bertz CT molecular complexity index is 481. The van der Waals surface area contributed by atoms with Gasteiger partial charge in [0.1, 0.15) is 10.9 Å². The second-order valence-corrected chi connectivity index (χ2v) is 4.78. The van der Waals surface area contributed by atoms with Crippen LogP contribution in [0.25, 0.3) is 0 Å². The van der Waals surface area contributed by atoms with Gasteiger partial charge in [0.2, 0.25) is 15.2 Å². The van der Waals surface area contributed by atoms with Crippen LogP contribution in [0.3, 0.4) is 0 Å². The Kier molecular flexibility index (Phi) is 3.92. The fraction of sp³-hybridized carbons (Fsp3) is 0.286. The second-order valence-electron chi connectivity index (χ2n) is 2.75. The van der Waals surface area contributed by atoms with Crippen molar-refractivity contribution in [2.24, 2.45) is 0 Å². The first-order valence-corrected chi connectivity index (χ1v) is 5.83. The molecular formula is C7H8ClNO6S. The van der Waals surface area contributed by atoms with Crippen LogP contribution in [0.4, 0.5) is 0 Å². The predicted octanol–water partition coefficient (Wildman–Crippen LogP) is -0.343. The fourth-order valence-electron chi connectivity index (χ4n) is 0.891. The standard InChI is InChI=1S/C7H8ClNO6S/c8-6-5(1-2-15-6)16(13,14)9-4(3-10)7(11)12/h1-2,4,9-10H,3H2,(H,11,12)/t4-/m0/s1. The van der Waals surface area contributed by atoms with Crippen molar-refractivity contribution in [1.82, 2.24) is 4.72 Å². The summed E-state index contributed by atoms with van der Waals surface area (Å²) in [6.07, 6.45) is 1.05. The van der Waals surface area contributed by atoms with Crippen LogP contribution in [0.2, 0.25) is 5.22 Å². The molecular weight excluding hydrogens is 262 g/mol. The van der Waals surface area contributed by atoms with E-state index < -0.39 is 28.6 Å². The Morgan fingerprint density at radius 1 is 1.62 bits per heavy atom. The van der Waals surface area contributed by atoms with Crippen LogP contribution in [-0.2, 0) is 14.8 Å². The summed E-state index contributed by atoms with van der Waals surface area (Å²) in [7, 11) is -4.12. The SMILES string of the molecule is O=C(O)[C@H](CO)NS(=O)(=O)c1ccoc1Cl.